The molecule has 0 spiro atoms. The summed E-state index contributed by atoms with van der Waals surface area (Å²) < 4.78 is 0. The van der Waals surface area contributed by atoms with E-state index in [0.29, 0.717) is 0 Å². The number of rotatable bonds is 1. The van der Waals surface area contributed by atoms with Gasteiger partial charge in [-0.25, -0.2) is 0 Å². The monoisotopic (exact) mass is 270 g/mol. The average molecular weight is 270 g/mol. The molecular formula is C13H22N2O2S. The standard InChI is InChI=1S/C13H22N2O2S/c1-13(2,3)11-12(17)15(8-10(16)14-11)9-4-6-18-7-5-9/h9,11H,4-8H2,1-3H3,(H,14,16). The molecule has 1 unspecified atom stereocenters. The molecule has 0 radical (unpaired) electrons. The van der Waals surface area contributed by atoms with Gasteiger partial charge in [-0.15, -0.1) is 0 Å². The highest BCUT2D eigenvalue weighted by Gasteiger charge is 2.42. The molecule has 4 nitrogen and oxygen atoms in total. The van der Waals surface area contributed by atoms with Crippen molar-refractivity contribution in [3.8, 4) is 0 Å². The van der Waals surface area contributed by atoms with Gasteiger partial charge in [0, 0.05) is 6.04 Å². The van der Waals surface area contributed by atoms with Crippen LogP contribution in [0.1, 0.15) is 33.6 Å². The lowest BCUT2D eigenvalue weighted by atomic mass is 9.84. The molecule has 0 aliphatic carbocycles. The maximum absolute atomic E-state index is 12.5. The molecule has 18 heavy (non-hydrogen) atoms. The number of nitrogens with zero attached hydrogens (tertiary/aromatic N) is 1. The first-order chi connectivity index (χ1) is 8.39. The second-order valence-corrected chi connectivity index (χ2v) is 7.40. The van der Waals surface area contributed by atoms with Crippen LogP contribution in [0, 0.1) is 5.41 Å². The Morgan fingerprint density at radius 3 is 2.39 bits per heavy atom. The molecule has 2 amide bonds. The molecule has 2 fully saturated rings. The summed E-state index contributed by atoms with van der Waals surface area (Å²) in [4.78, 5) is 26.1. The van der Waals surface area contributed by atoms with Crippen LogP contribution in [0.4, 0.5) is 0 Å². The summed E-state index contributed by atoms with van der Waals surface area (Å²) in [5, 5.41) is 2.84. The fourth-order valence-corrected chi connectivity index (χ4v) is 3.64. The number of piperazine rings is 1. The van der Waals surface area contributed by atoms with E-state index in [1.807, 2.05) is 37.4 Å². The summed E-state index contributed by atoms with van der Waals surface area (Å²) in [6, 6.07) is -0.122. The number of carbonyl (C=O) groups is 2. The molecule has 1 atom stereocenters. The Morgan fingerprint density at radius 1 is 1.22 bits per heavy atom. The Labute approximate surface area is 113 Å². The molecule has 0 aromatic rings. The Balaban J connectivity index is 2.14. The van der Waals surface area contributed by atoms with E-state index in [0.717, 1.165) is 24.3 Å². The second-order valence-electron chi connectivity index (χ2n) is 6.18. The Morgan fingerprint density at radius 2 is 1.83 bits per heavy atom. The first-order valence-electron chi connectivity index (χ1n) is 6.57. The number of hydrogen-bond acceptors (Lipinski definition) is 3. The van der Waals surface area contributed by atoms with Crippen molar-refractivity contribution in [1.82, 2.24) is 10.2 Å². The lowest BCUT2D eigenvalue weighted by Crippen LogP contribution is -2.64. The molecule has 2 aliphatic rings. The van der Waals surface area contributed by atoms with E-state index in [9.17, 15) is 9.59 Å². The second kappa shape index (κ2) is 5.11. The lowest BCUT2D eigenvalue weighted by molar-refractivity contribution is -0.149. The molecule has 2 rings (SSSR count). The van der Waals surface area contributed by atoms with E-state index < -0.39 is 0 Å². The molecule has 0 saturated carbocycles. The van der Waals surface area contributed by atoms with Crippen molar-refractivity contribution in [1.29, 1.82) is 0 Å². The molecule has 2 saturated heterocycles. The van der Waals surface area contributed by atoms with Crippen LogP contribution >= 0.6 is 11.8 Å². The van der Waals surface area contributed by atoms with E-state index in [1.54, 1.807) is 0 Å². The van der Waals surface area contributed by atoms with Crippen molar-refractivity contribution >= 4 is 23.6 Å². The molecule has 2 heterocycles. The van der Waals surface area contributed by atoms with Gasteiger partial charge in [0.05, 0.1) is 6.54 Å². The zero-order valence-electron chi connectivity index (χ0n) is 11.4. The first-order valence-corrected chi connectivity index (χ1v) is 7.72. The van der Waals surface area contributed by atoms with E-state index in [-0.39, 0.29) is 35.9 Å². The summed E-state index contributed by atoms with van der Waals surface area (Å²) >= 11 is 1.93. The maximum atomic E-state index is 12.5. The van der Waals surface area contributed by atoms with Gasteiger partial charge < -0.3 is 10.2 Å². The largest absolute Gasteiger partial charge is 0.342 e. The van der Waals surface area contributed by atoms with Crippen LogP contribution in [0.15, 0.2) is 0 Å². The highest BCUT2D eigenvalue weighted by Crippen LogP contribution is 2.28. The zero-order chi connectivity index (χ0) is 13.3. The minimum absolute atomic E-state index is 0.0206. The number of nitrogens with one attached hydrogen (secondary N) is 1. The van der Waals surface area contributed by atoms with Gasteiger partial charge in [0.15, 0.2) is 0 Å². The van der Waals surface area contributed by atoms with Crippen molar-refractivity contribution in [2.45, 2.75) is 45.7 Å². The molecular weight excluding hydrogens is 248 g/mol. The SMILES string of the molecule is CC(C)(C)C1NC(=O)CN(C2CCSCC2)C1=O. The highest BCUT2D eigenvalue weighted by molar-refractivity contribution is 7.99. The summed E-state index contributed by atoms with van der Waals surface area (Å²) in [7, 11) is 0. The topological polar surface area (TPSA) is 49.4 Å². The Bertz CT molecular complexity index is 345. The third kappa shape index (κ3) is 2.82. The lowest BCUT2D eigenvalue weighted by Gasteiger charge is -2.43. The Hall–Kier alpha value is -0.710. The molecule has 0 bridgehead atoms. The number of amides is 2. The normalized spacial score (nSPS) is 27.3. The number of carbonyl (C=O) groups excluding carboxylic acids is 2. The smallest absolute Gasteiger partial charge is 0.246 e. The van der Waals surface area contributed by atoms with Crippen LogP contribution < -0.4 is 5.32 Å². The van der Waals surface area contributed by atoms with Gasteiger partial charge in [-0.3, -0.25) is 9.59 Å². The predicted octanol–water partition coefficient (Wildman–Crippen LogP) is 1.26. The van der Waals surface area contributed by atoms with Crippen LogP contribution in [-0.4, -0.2) is 46.8 Å². The minimum atomic E-state index is -0.381. The van der Waals surface area contributed by atoms with Crippen LogP contribution in [0.3, 0.4) is 0 Å². The van der Waals surface area contributed by atoms with E-state index in [4.69, 9.17) is 0 Å². The van der Waals surface area contributed by atoms with Crippen molar-refractivity contribution in [3.05, 3.63) is 0 Å². The third-order valence-corrected chi connectivity index (χ3v) is 4.70. The third-order valence-electron chi connectivity index (χ3n) is 3.65. The van der Waals surface area contributed by atoms with Gasteiger partial charge in [-0.2, -0.15) is 11.8 Å². The molecule has 0 aromatic heterocycles. The van der Waals surface area contributed by atoms with Crippen LogP contribution in [0.25, 0.3) is 0 Å². The zero-order valence-corrected chi connectivity index (χ0v) is 12.2. The highest BCUT2D eigenvalue weighted by atomic mass is 32.2. The van der Waals surface area contributed by atoms with Crippen LogP contribution in [0.2, 0.25) is 0 Å². The molecule has 1 N–H and O–H groups in total. The van der Waals surface area contributed by atoms with Crippen LogP contribution in [-0.2, 0) is 9.59 Å². The van der Waals surface area contributed by atoms with E-state index in [1.165, 1.54) is 0 Å². The van der Waals surface area contributed by atoms with E-state index in [2.05, 4.69) is 5.32 Å². The van der Waals surface area contributed by atoms with Crippen molar-refractivity contribution < 1.29 is 9.59 Å². The minimum Gasteiger partial charge on any atom is -0.342 e. The Kier molecular flexibility index (Phi) is 3.90. The molecule has 0 aromatic carbocycles. The van der Waals surface area contributed by atoms with Gasteiger partial charge in [0.2, 0.25) is 11.8 Å². The van der Waals surface area contributed by atoms with E-state index >= 15 is 0 Å². The molecule has 5 heteroatoms. The van der Waals surface area contributed by atoms with Gasteiger partial charge >= 0.3 is 0 Å². The maximum Gasteiger partial charge on any atom is 0.246 e. The van der Waals surface area contributed by atoms with Crippen LogP contribution in [0.5, 0.6) is 0 Å². The summed E-state index contributed by atoms with van der Waals surface area (Å²) in [6.07, 6.45) is 2.03. The summed E-state index contributed by atoms with van der Waals surface area (Å²) in [5.74, 6) is 2.26. The number of thioether (sulfide) groups is 1. The van der Waals surface area contributed by atoms with Crippen molar-refractivity contribution in [3.63, 3.8) is 0 Å². The summed E-state index contributed by atoms with van der Waals surface area (Å²) in [5.41, 5.74) is -0.227. The van der Waals surface area contributed by atoms with Gasteiger partial charge in [0.1, 0.15) is 6.04 Å². The first kappa shape index (κ1) is 13.7. The van der Waals surface area contributed by atoms with Crippen molar-refractivity contribution in [2.24, 2.45) is 5.41 Å². The quantitative estimate of drug-likeness (QED) is 0.780. The predicted molar refractivity (Wildman–Crippen MR) is 73.4 cm³/mol. The fourth-order valence-electron chi connectivity index (χ4n) is 2.56. The van der Waals surface area contributed by atoms with Gasteiger partial charge in [-0.05, 0) is 29.8 Å². The fraction of sp³-hybridized carbons (Fsp3) is 0.846. The van der Waals surface area contributed by atoms with Gasteiger partial charge in [0.25, 0.3) is 0 Å². The average Bonchev–Trinajstić information content (AvgIpc) is 2.31. The number of hydrogen-bond donors (Lipinski definition) is 1. The van der Waals surface area contributed by atoms with Gasteiger partial charge in [-0.1, -0.05) is 20.8 Å². The summed E-state index contributed by atoms with van der Waals surface area (Å²) in [6.45, 7) is 6.23. The molecule has 102 valence electrons. The molecule has 2 aliphatic heterocycles. The van der Waals surface area contributed by atoms with Crippen molar-refractivity contribution in [2.75, 3.05) is 18.1 Å².